The second-order valence-electron chi connectivity index (χ2n) is 5.86. The third-order valence-electron chi connectivity index (χ3n) is 4.24. The van der Waals surface area contributed by atoms with E-state index in [1.165, 1.54) is 11.1 Å². The molecule has 126 valence electrons. The van der Waals surface area contributed by atoms with Gasteiger partial charge in [-0.15, -0.1) is 11.8 Å². The molecule has 2 aromatic rings. The first-order chi connectivity index (χ1) is 11.7. The number of benzene rings is 1. The Kier molecular flexibility index (Phi) is 6.21. The van der Waals surface area contributed by atoms with Gasteiger partial charge >= 0.3 is 0 Å². The van der Waals surface area contributed by atoms with Crippen LogP contribution in [0.15, 0.2) is 53.7 Å². The maximum absolute atomic E-state index is 12.5. The lowest BCUT2D eigenvalue weighted by Crippen LogP contribution is -2.34. The van der Waals surface area contributed by atoms with Crippen LogP contribution in [-0.2, 0) is 4.79 Å². The van der Waals surface area contributed by atoms with Gasteiger partial charge in [-0.25, -0.2) is 0 Å². The number of hydrogen-bond donors (Lipinski definition) is 0. The summed E-state index contributed by atoms with van der Waals surface area (Å²) in [4.78, 5) is 19.6. The number of amides is 1. The van der Waals surface area contributed by atoms with Crippen molar-refractivity contribution in [2.24, 2.45) is 0 Å². The van der Waals surface area contributed by atoms with Crippen molar-refractivity contribution in [3.8, 4) is 0 Å². The van der Waals surface area contributed by atoms with Gasteiger partial charge in [0.25, 0.3) is 0 Å². The molecule has 1 aromatic heterocycles. The lowest BCUT2D eigenvalue weighted by molar-refractivity contribution is -0.128. The van der Waals surface area contributed by atoms with E-state index in [1.54, 1.807) is 24.2 Å². The first-order valence-corrected chi connectivity index (χ1v) is 10.2. The lowest BCUT2D eigenvalue weighted by atomic mass is 10.0. The highest BCUT2D eigenvalue weighted by Crippen LogP contribution is 2.36. The Labute approximate surface area is 152 Å². The van der Waals surface area contributed by atoms with Gasteiger partial charge in [0.2, 0.25) is 5.91 Å². The summed E-state index contributed by atoms with van der Waals surface area (Å²) in [6.45, 7) is 3.87. The second kappa shape index (κ2) is 8.58. The number of pyridine rings is 1. The van der Waals surface area contributed by atoms with Gasteiger partial charge in [0.1, 0.15) is 0 Å². The molecule has 5 heteroatoms. The van der Waals surface area contributed by atoms with Crippen LogP contribution in [0.5, 0.6) is 0 Å². The molecule has 1 aromatic carbocycles. The summed E-state index contributed by atoms with van der Waals surface area (Å²) in [5.41, 5.74) is 2.77. The van der Waals surface area contributed by atoms with Crippen LogP contribution >= 0.6 is 23.5 Å². The number of carbonyl (C=O) groups is 1. The Balaban J connectivity index is 1.55. The first-order valence-electron chi connectivity index (χ1n) is 8.22. The quantitative estimate of drug-likeness (QED) is 0.768. The number of nitrogens with zero attached hydrogens (tertiary/aromatic N) is 2. The third kappa shape index (κ3) is 4.54. The van der Waals surface area contributed by atoms with Crippen LogP contribution < -0.4 is 0 Å². The molecule has 1 unspecified atom stereocenters. The molecule has 0 N–H and O–H groups in total. The Morgan fingerprint density at radius 2 is 2.04 bits per heavy atom. The zero-order valence-electron chi connectivity index (χ0n) is 13.9. The number of rotatable bonds is 4. The number of hydrogen-bond acceptors (Lipinski definition) is 4. The first kappa shape index (κ1) is 17.4. The molecule has 1 fully saturated rings. The Morgan fingerprint density at radius 1 is 1.25 bits per heavy atom. The molecule has 0 radical (unpaired) electrons. The fourth-order valence-corrected chi connectivity index (χ4v) is 5.00. The molecule has 1 saturated heterocycles. The minimum absolute atomic E-state index is 0.239. The van der Waals surface area contributed by atoms with Crippen molar-refractivity contribution in [1.82, 2.24) is 9.88 Å². The van der Waals surface area contributed by atoms with E-state index in [1.807, 2.05) is 28.8 Å². The SMILES string of the molecule is Cc1ccccc1C1CCN(C(=O)CSc2ccncc2)CCS1. The molecule has 1 aliphatic rings. The van der Waals surface area contributed by atoms with E-state index in [0.717, 1.165) is 30.2 Å². The van der Waals surface area contributed by atoms with Crippen LogP contribution in [0, 0.1) is 6.92 Å². The molecule has 3 nitrogen and oxygen atoms in total. The highest BCUT2D eigenvalue weighted by atomic mass is 32.2. The average Bonchev–Trinajstić information content (AvgIpc) is 2.87. The molecule has 1 aliphatic heterocycles. The molecule has 0 spiro atoms. The Morgan fingerprint density at radius 3 is 2.83 bits per heavy atom. The lowest BCUT2D eigenvalue weighted by Gasteiger charge is -2.20. The number of thioether (sulfide) groups is 2. The maximum Gasteiger partial charge on any atom is 0.232 e. The number of carbonyl (C=O) groups excluding carboxylic acids is 1. The van der Waals surface area contributed by atoms with E-state index in [0.29, 0.717) is 11.0 Å². The van der Waals surface area contributed by atoms with Crippen molar-refractivity contribution in [2.75, 3.05) is 24.6 Å². The number of aryl methyl sites for hydroxylation is 1. The summed E-state index contributed by atoms with van der Waals surface area (Å²) in [6.07, 6.45) is 4.56. The molecule has 24 heavy (non-hydrogen) atoms. The summed E-state index contributed by atoms with van der Waals surface area (Å²) < 4.78 is 0. The smallest absolute Gasteiger partial charge is 0.232 e. The van der Waals surface area contributed by atoms with Gasteiger partial charge < -0.3 is 4.90 Å². The second-order valence-corrected chi connectivity index (χ2v) is 8.22. The van der Waals surface area contributed by atoms with Gasteiger partial charge in [-0.1, -0.05) is 24.3 Å². The van der Waals surface area contributed by atoms with Crippen molar-refractivity contribution in [1.29, 1.82) is 0 Å². The minimum Gasteiger partial charge on any atom is -0.341 e. The van der Waals surface area contributed by atoms with Gasteiger partial charge in [0.15, 0.2) is 0 Å². The molecule has 2 heterocycles. The Bertz CT molecular complexity index is 678. The van der Waals surface area contributed by atoms with E-state index in [4.69, 9.17) is 0 Å². The number of aromatic nitrogens is 1. The minimum atomic E-state index is 0.239. The highest BCUT2D eigenvalue weighted by Gasteiger charge is 2.22. The van der Waals surface area contributed by atoms with Gasteiger partial charge in [0, 0.05) is 41.4 Å². The molecular weight excluding hydrogens is 336 g/mol. The van der Waals surface area contributed by atoms with E-state index < -0.39 is 0 Å². The van der Waals surface area contributed by atoms with Gasteiger partial charge in [-0.2, -0.15) is 11.8 Å². The maximum atomic E-state index is 12.5. The summed E-state index contributed by atoms with van der Waals surface area (Å²) in [5.74, 6) is 1.75. The fourth-order valence-electron chi connectivity index (χ4n) is 2.89. The van der Waals surface area contributed by atoms with Crippen molar-refractivity contribution in [3.05, 3.63) is 59.9 Å². The van der Waals surface area contributed by atoms with E-state index in [9.17, 15) is 4.79 Å². The van der Waals surface area contributed by atoms with Crippen LogP contribution in [0.2, 0.25) is 0 Å². The van der Waals surface area contributed by atoms with Crippen LogP contribution in [-0.4, -0.2) is 40.4 Å². The Hall–Kier alpha value is -1.46. The zero-order valence-corrected chi connectivity index (χ0v) is 15.5. The molecular formula is C19H22N2OS2. The zero-order chi connectivity index (χ0) is 16.8. The van der Waals surface area contributed by atoms with Crippen molar-refractivity contribution >= 4 is 29.4 Å². The summed E-state index contributed by atoms with van der Waals surface area (Å²) >= 11 is 3.57. The molecule has 1 amide bonds. The van der Waals surface area contributed by atoms with E-state index >= 15 is 0 Å². The highest BCUT2D eigenvalue weighted by molar-refractivity contribution is 8.00. The van der Waals surface area contributed by atoms with Crippen molar-refractivity contribution in [2.45, 2.75) is 23.5 Å². The van der Waals surface area contributed by atoms with Crippen molar-refractivity contribution < 1.29 is 4.79 Å². The van der Waals surface area contributed by atoms with E-state index in [2.05, 4.69) is 36.2 Å². The normalized spacial score (nSPS) is 18.2. The largest absolute Gasteiger partial charge is 0.341 e. The standard InChI is InChI=1S/C19H22N2OS2/c1-15-4-2-3-5-17(15)18-8-11-21(12-13-23-18)19(22)14-24-16-6-9-20-10-7-16/h2-7,9-10,18H,8,11-14H2,1H3. The van der Waals surface area contributed by atoms with Gasteiger partial charge in [0.05, 0.1) is 5.75 Å². The van der Waals surface area contributed by atoms with Crippen LogP contribution in [0.3, 0.4) is 0 Å². The molecule has 0 saturated carbocycles. The third-order valence-corrected chi connectivity index (χ3v) is 6.55. The molecule has 3 rings (SSSR count). The summed E-state index contributed by atoms with van der Waals surface area (Å²) in [6, 6.07) is 12.5. The summed E-state index contributed by atoms with van der Waals surface area (Å²) in [5, 5.41) is 0.497. The van der Waals surface area contributed by atoms with E-state index in [-0.39, 0.29) is 5.91 Å². The van der Waals surface area contributed by atoms with Crippen LogP contribution in [0.25, 0.3) is 0 Å². The van der Waals surface area contributed by atoms with Crippen LogP contribution in [0.4, 0.5) is 0 Å². The predicted octanol–water partition coefficient (Wildman–Crippen LogP) is 4.19. The van der Waals surface area contributed by atoms with Crippen LogP contribution in [0.1, 0.15) is 22.8 Å². The van der Waals surface area contributed by atoms with Crippen molar-refractivity contribution in [3.63, 3.8) is 0 Å². The van der Waals surface area contributed by atoms with Gasteiger partial charge in [-0.3, -0.25) is 9.78 Å². The average molecular weight is 359 g/mol. The predicted molar refractivity (Wildman–Crippen MR) is 103 cm³/mol. The topological polar surface area (TPSA) is 33.2 Å². The summed E-state index contributed by atoms with van der Waals surface area (Å²) in [7, 11) is 0. The monoisotopic (exact) mass is 358 g/mol. The molecule has 0 bridgehead atoms. The molecule has 1 atom stereocenters. The van der Waals surface area contributed by atoms with Gasteiger partial charge in [-0.05, 0) is 36.6 Å². The fraction of sp³-hybridized carbons (Fsp3) is 0.368. The molecule has 0 aliphatic carbocycles.